The van der Waals surface area contributed by atoms with Crippen molar-refractivity contribution in [3.8, 4) is 0 Å². The lowest BCUT2D eigenvalue weighted by molar-refractivity contribution is 0.101. The van der Waals surface area contributed by atoms with E-state index in [2.05, 4.69) is 45.1 Å². The Balaban J connectivity index is 0.00000146. The summed E-state index contributed by atoms with van der Waals surface area (Å²) in [6, 6.07) is 4.00. The molecule has 0 radical (unpaired) electrons. The highest BCUT2D eigenvalue weighted by Gasteiger charge is 2.27. The first-order chi connectivity index (χ1) is 12.2. The molecule has 0 fully saturated rings. The number of carbonyl (C=O) groups excluding carboxylic acids is 1. The molecule has 0 bridgehead atoms. The van der Waals surface area contributed by atoms with Crippen molar-refractivity contribution in [2.45, 2.75) is 48.5 Å². The predicted molar refractivity (Wildman–Crippen MR) is 115 cm³/mol. The second-order valence-corrected chi connectivity index (χ2v) is 5.98. The standard InChI is InChI=1S/C19H24N2O.C2H6.C2H4/c1-11-9-12(2)19(10-18(11)16(6)22)21-15(5)13(3)14(4)20(8)17(21)7;2*1-2/h9-10H,5,7H2,1-4,6,8H3;1-2H3;1-2H2. The lowest BCUT2D eigenvalue weighted by Gasteiger charge is -2.41. The number of allylic oxidation sites excluding steroid dienone is 2. The lowest BCUT2D eigenvalue weighted by atomic mass is 9.99. The van der Waals surface area contributed by atoms with Crippen LogP contribution in [-0.4, -0.2) is 17.7 Å². The molecule has 2 rings (SSSR count). The molecule has 26 heavy (non-hydrogen) atoms. The highest BCUT2D eigenvalue weighted by Crippen LogP contribution is 2.37. The van der Waals surface area contributed by atoms with Crippen LogP contribution in [0.1, 0.15) is 56.1 Å². The third-order valence-corrected chi connectivity index (χ3v) is 4.56. The van der Waals surface area contributed by atoms with E-state index in [9.17, 15) is 4.79 Å². The van der Waals surface area contributed by atoms with Crippen LogP contribution in [0.5, 0.6) is 0 Å². The first-order valence-corrected chi connectivity index (χ1v) is 8.88. The summed E-state index contributed by atoms with van der Waals surface area (Å²) in [6.07, 6.45) is 0. The molecule has 3 heteroatoms. The van der Waals surface area contributed by atoms with E-state index in [4.69, 9.17) is 0 Å². The molecule has 0 amide bonds. The van der Waals surface area contributed by atoms with Gasteiger partial charge >= 0.3 is 0 Å². The van der Waals surface area contributed by atoms with Crippen molar-refractivity contribution >= 4 is 11.5 Å². The Morgan fingerprint density at radius 3 is 1.92 bits per heavy atom. The topological polar surface area (TPSA) is 23.6 Å². The van der Waals surface area contributed by atoms with Crippen molar-refractivity contribution in [2.75, 3.05) is 11.9 Å². The summed E-state index contributed by atoms with van der Waals surface area (Å²) in [4.78, 5) is 16.0. The number of benzene rings is 1. The number of Topliss-reactive ketones (excluding diaryl/α,β-unsaturated/α-hetero) is 1. The van der Waals surface area contributed by atoms with Gasteiger partial charge in [-0.15, -0.1) is 13.2 Å². The molecule has 0 N–H and O–H groups in total. The first-order valence-electron chi connectivity index (χ1n) is 8.88. The Morgan fingerprint density at radius 2 is 1.46 bits per heavy atom. The zero-order valence-corrected chi connectivity index (χ0v) is 17.8. The molecule has 0 aromatic heterocycles. The zero-order valence-electron chi connectivity index (χ0n) is 17.8. The Bertz CT molecular complexity index is 741. The van der Waals surface area contributed by atoms with E-state index < -0.39 is 0 Å². The third-order valence-electron chi connectivity index (χ3n) is 4.56. The molecular weight excluding hydrogens is 320 g/mol. The molecule has 1 aliphatic heterocycles. The molecule has 1 heterocycles. The second kappa shape index (κ2) is 9.81. The largest absolute Gasteiger partial charge is 0.335 e. The van der Waals surface area contributed by atoms with Crippen molar-refractivity contribution in [3.63, 3.8) is 0 Å². The van der Waals surface area contributed by atoms with E-state index in [-0.39, 0.29) is 5.78 Å². The van der Waals surface area contributed by atoms with Gasteiger partial charge in [0, 0.05) is 24.0 Å². The van der Waals surface area contributed by atoms with Gasteiger partial charge < -0.3 is 4.90 Å². The van der Waals surface area contributed by atoms with Gasteiger partial charge in [0.25, 0.3) is 0 Å². The number of aryl methyl sites for hydroxylation is 2. The molecule has 0 spiro atoms. The minimum atomic E-state index is 0.0729. The molecule has 0 saturated heterocycles. The van der Waals surface area contributed by atoms with Crippen LogP contribution >= 0.6 is 0 Å². The Kier molecular flexibility index (Phi) is 8.85. The van der Waals surface area contributed by atoms with Crippen LogP contribution in [0.25, 0.3) is 0 Å². The third kappa shape index (κ3) is 4.34. The molecule has 1 aromatic carbocycles. The highest BCUT2D eigenvalue weighted by molar-refractivity contribution is 5.97. The van der Waals surface area contributed by atoms with Crippen LogP contribution in [0, 0.1) is 13.8 Å². The molecule has 0 saturated carbocycles. The fourth-order valence-electron chi connectivity index (χ4n) is 2.87. The van der Waals surface area contributed by atoms with Crippen LogP contribution in [0.4, 0.5) is 5.69 Å². The summed E-state index contributed by atoms with van der Waals surface area (Å²) in [5.41, 5.74) is 6.98. The van der Waals surface area contributed by atoms with E-state index in [1.807, 2.05) is 51.8 Å². The van der Waals surface area contributed by atoms with Crippen LogP contribution in [0.15, 0.2) is 61.2 Å². The maximum absolute atomic E-state index is 11.9. The van der Waals surface area contributed by atoms with Crippen molar-refractivity contribution in [3.05, 3.63) is 77.9 Å². The monoisotopic (exact) mass is 354 g/mol. The van der Waals surface area contributed by atoms with Crippen LogP contribution in [0.2, 0.25) is 0 Å². The van der Waals surface area contributed by atoms with E-state index in [0.29, 0.717) is 0 Å². The van der Waals surface area contributed by atoms with E-state index in [1.54, 1.807) is 6.92 Å². The number of anilines is 1. The number of carbonyl (C=O) groups is 1. The molecule has 1 aromatic rings. The molecule has 0 unspecified atom stereocenters. The van der Waals surface area contributed by atoms with Gasteiger partial charge in [0.05, 0.1) is 5.69 Å². The molecule has 3 nitrogen and oxygen atoms in total. The SMILES string of the molecule is C=C.C=C1C(C)=C(C)N(C)C(=C)N1c1cc(C(C)=O)c(C)cc1C.CC. The zero-order chi connectivity index (χ0) is 20.8. The number of nitrogens with zero attached hydrogens (tertiary/aromatic N) is 2. The van der Waals surface area contributed by atoms with Crippen LogP contribution < -0.4 is 4.90 Å². The summed E-state index contributed by atoms with van der Waals surface area (Å²) in [5, 5.41) is 0. The van der Waals surface area contributed by atoms with E-state index >= 15 is 0 Å². The number of rotatable bonds is 2. The summed E-state index contributed by atoms with van der Waals surface area (Å²) in [5.74, 6) is 0.915. The van der Waals surface area contributed by atoms with Gasteiger partial charge in [-0.3, -0.25) is 9.69 Å². The normalized spacial score (nSPS) is 13.7. The lowest BCUT2D eigenvalue weighted by Crippen LogP contribution is -2.37. The van der Waals surface area contributed by atoms with Crippen molar-refractivity contribution in [1.29, 1.82) is 0 Å². The minimum Gasteiger partial charge on any atom is -0.335 e. The fourth-order valence-corrected chi connectivity index (χ4v) is 2.87. The molecule has 142 valence electrons. The summed E-state index contributed by atoms with van der Waals surface area (Å²) in [7, 11) is 2.00. The number of hydrogen-bond donors (Lipinski definition) is 0. The van der Waals surface area contributed by atoms with E-state index in [0.717, 1.165) is 45.2 Å². The smallest absolute Gasteiger partial charge is 0.160 e. The second-order valence-electron chi connectivity index (χ2n) is 5.98. The molecule has 1 aliphatic rings. The first kappa shape index (κ1) is 23.4. The van der Waals surface area contributed by atoms with Gasteiger partial charge in [-0.1, -0.05) is 33.1 Å². The van der Waals surface area contributed by atoms with Gasteiger partial charge in [0.15, 0.2) is 5.78 Å². The van der Waals surface area contributed by atoms with Crippen LogP contribution in [-0.2, 0) is 0 Å². The fraction of sp³-hybridized carbons (Fsp3) is 0.348. The predicted octanol–water partition coefficient (Wildman–Crippen LogP) is 6.37. The Morgan fingerprint density at radius 1 is 0.962 bits per heavy atom. The van der Waals surface area contributed by atoms with Crippen LogP contribution in [0.3, 0.4) is 0 Å². The average molecular weight is 355 g/mol. The molecule has 0 atom stereocenters. The quantitative estimate of drug-likeness (QED) is 0.456. The Hall–Kier alpha value is -2.55. The molecular formula is C23H34N2O. The van der Waals surface area contributed by atoms with E-state index in [1.165, 1.54) is 0 Å². The maximum atomic E-state index is 11.9. The maximum Gasteiger partial charge on any atom is 0.160 e. The van der Waals surface area contributed by atoms with Crippen molar-refractivity contribution in [1.82, 2.24) is 4.90 Å². The Labute approximate surface area is 160 Å². The van der Waals surface area contributed by atoms with Crippen molar-refractivity contribution < 1.29 is 4.79 Å². The number of hydrogen-bond acceptors (Lipinski definition) is 3. The minimum absolute atomic E-state index is 0.0729. The highest BCUT2D eigenvalue weighted by atomic mass is 16.1. The summed E-state index contributed by atoms with van der Waals surface area (Å²) in [6.45, 7) is 28.2. The van der Waals surface area contributed by atoms with Gasteiger partial charge in [0.1, 0.15) is 5.82 Å². The average Bonchev–Trinajstić information content (AvgIpc) is 2.63. The van der Waals surface area contributed by atoms with Gasteiger partial charge in [-0.25, -0.2) is 0 Å². The summed E-state index contributed by atoms with van der Waals surface area (Å²) >= 11 is 0. The van der Waals surface area contributed by atoms with Crippen molar-refractivity contribution in [2.24, 2.45) is 0 Å². The van der Waals surface area contributed by atoms with Gasteiger partial charge in [-0.2, -0.15) is 0 Å². The van der Waals surface area contributed by atoms with Gasteiger partial charge in [-0.05, 0) is 57.4 Å². The summed E-state index contributed by atoms with van der Waals surface area (Å²) < 4.78 is 0. The van der Waals surface area contributed by atoms with Gasteiger partial charge in [0.2, 0.25) is 0 Å². The molecule has 0 aliphatic carbocycles. The number of ketones is 1.